The molecule has 0 spiro atoms. The van der Waals surface area contributed by atoms with Crippen LogP contribution in [0.2, 0.25) is 0 Å². The summed E-state index contributed by atoms with van der Waals surface area (Å²) in [6, 6.07) is 2.68. The maximum Gasteiger partial charge on any atom is 0.324 e. The van der Waals surface area contributed by atoms with Crippen LogP contribution in [0.1, 0.15) is 12.8 Å². The second kappa shape index (κ2) is 9.24. The molecule has 2 aliphatic rings. The van der Waals surface area contributed by atoms with Crippen LogP contribution in [0.4, 0.5) is 17.7 Å². The van der Waals surface area contributed by atoms with Gasteiger partial charge < -0.3 is 28.9 Å². The summed E-state index contributed by atoms with van der Waals surface area (Å²) in [4.78, 5) is 28.7. The molecule has 0 radical (unpaired) electrons. The van der Waals surface area contributed by atoms with Gasteiger partial charge in [-0.15, -0.1) is 4.98 Å². The fourth-order valence-electron chi connectivity index (χ4n) is 3.75. The van der Waals surface area contributed by atoms with Gasteiger partial charge in [0, 0.05) is 45.5 Å². The quantitative estimate of drug-likeness (QED) is 0.662. The highest BCUT2D eigenvalue weighted by molar-refractivity contribution is 5.45. The Morgan fingerprint density at radius 2 is 1.73 bits per heavy atom. The molecule has 0 aliphatic carbocycles. The molecule has 1 unspecified atom stereocenters. The summed E-state index contributed by atoms with van der Waals surface area (Å²) in [5.74, 6) is 2.21. The summed E-state index contributed by atoms with van der Waals surface area (Å²) < 4.78 is 15.8. The Hall–Kier alpha value is -2.95. The zero-order chi connectivity index (χ0) is 20.9. The predicted molar refractivity (Wildman–Crippen MR) is 112 cm³/mol. The Balaban J connectivity index is 1.49. The van der Waals surface area contributed by atoms with Crippen molar-refractivity contribution in [1.82, 2.24) is 24.9 Å². The number of aromatic nitrogens is 5. The highest BCUT2D eigenvalue weighted by Gasteiger charge is 2.27. The fraction of sp³-hybridized carbons (Fsp3) is 0.632. The summed E-state index contributed by atoms with van der Waals surface area (Å²) in [5, 5.41) is 0. The van der Waals surface area contributed by atoms with E-state index in [2.05, 4.69) is 34.6 Å². The molecule has 4 heterocycles. The molecule has 30 heavy (non-hydrogen) atoms. The van der Waals surface area contributed by atoms with Gasteiger partial charge in [-0.05, 0) is 18.9 Å². The molecule has 0 N–H and O–H groups in total. The van der Waals surface area contributed by atoms with Crippen molar-refractivity contribution in [3.63, 3.8) is 0 Å². The average Bonchev–Trinajstić information content (AvgIpc) is 2.84. The normalized spacial score (nSPS) is 19.5. The lowest BCUT2D eigenvalue weighted by atomic mass is 10.1. The summed E-state index contributed by atoms with van der Waals surface area (Å²) in [7, 11) is 5.11. The van der Waals surface area contributed by atoms with Crippen LogP contribution in [0.5, 0.6) is 12.0 Å². The van der Waals surface area contributed by atoms with Crippen molar-refractivity contribution in [3.8, 4) is 12.0 Å². The van der Waals surface area contributed by atoms with Crippen molar-refractivity contribution < 1.29 is 14.2 Å². The molecular formula is C19H28N8O3. The van der Waals surface area contributed by atoms with Crippen LogP contribution >= 0.6 is 0 Å². The third kappa shape index (κ3) is 4.45. The van der Waals surface area contributed by atoms with E-state index in [1.807, 2.05) is 19.3 Å². The number of likely N-dealkylation sites (N-methyl/N-ethyl adjacent to an activating group) is 1. The first kappa shape index (κ1) is 20.3. The number of hydrogen-bond acceptors (Lipinski definition) is 11. The van der Waals surface area contributed by atoms with Crippen molar-refractivity contribution >= 4 is 17.7 Å². The minimum absolute atomic E-state index is 0.229. The van der Waals surface area contributed by atoms with Gasteiger partial charge in [-0.3, -0.25) is 0 Å². The smallest absolute Gasteiger partial charge is 0.324 e. The number of rotatable bonds is 6. The van der Waals surface area contributed by atoms with E-state index in [4.69, 9.17) is 19.2 Å². The first-order valence-electron chi connectivity index (χ1n) is 10.2. The van der Waals surface area contributed by atoms with Crippen molar-refractivity contribution in [3.05, 3.63) is 12.3 Å². The number of hydrogen-bond donors (Lipinski definition) is 0. The lowest BCUT2D eigenvalue weighted by Gasteiger charge is -2.38. The molecule has 4 rings (SSSR count). The van der Waals surface area contributed by atoms with Crippen LogP contribution in [-0.4, -0.2) is 91.6 Å². The molecule has 0 bridgehead atoms. The zero-order valence-electron chi connectivity index (χ0n) is 17.7. The van der Waals surface area contributed by atoms with Crippen LogP contribution in [-0.2, 0) is 4.74 Å². The molecule has 1 atom stereocenters. The molecule has 2 saturated heterocycles. The number of nitrogens with zero attached hydrogens (tertiary/aromatic N) is 8. The summed E-state index contributed by atoms with van der Waals surface area (Å²) >= 11 is 0. The van der Waals surface area contributed by atoms with E-state index in [0.29, 0.717) is 5.95 Å². The molecule has 2 fully saturated rings. The van der Waals surface area contributed by atoms with Crippen LogP contribution < -0.4 is 24.2 Å². The van der Waals surface area contributed by atoms with E-state index in [0.717, 1.165) is 64.0 Å². The Morgan fingerprint density at radius 3 is 2.43 bits per heavy atom. The Bertz CT molecular complexity index is 826. The van der Waals surface area contributed by atoms with E-state index < -0.39 is 0 Å². The monoisotopic (exact) mass is 416 g/mol. The van der Waals surface area contributed by atoms with E-state index in [9.17, 15) is 0 Å². The third-order valence-corrected chi connectivity index (χ3v) is 5.45. The van der Waals surface area contributed by atoms with Gasteiger partial charge in [-0.2, -0.15) is 15.0 Å². The summed E-state index contributed by atoms with van der Waals surface area (Å²) in [5.41, 5.74) is 0. The summed E-state index contributed by atoms with van der Waals surface area (Å²) in [6.45, 7) is 4.76. The van der Waals surface area contributed by atoms with E-state index >= 15 is 0 Å². The molecule has 2 aromatic rings. The summed E-state index contributed by atoms with van der Waals surface area (Å²) in [6.07, 6.45) is 3.87. The van der Waals surface area contributed by atoms with Crippen LogP contribution in [0.15, 0.2) is 12.3 Å². The molecule has 0 aromatic carbocycles. The Labute approximate surface area is 176 Å². The van der Waals surface area contributed by atoms with Crippen molar-refractivity contribution in [2.24, 2.45) is 0 Å². The van der Waals surface area contributed by atoms with Crippen molar-refractivity contribution in [1.29, 1.82) is 0 Å². The second-order valence-corrected chi connectivity index (χ2v) is 7.28. The highest BCUT2D eigenvalue weighted by atomic mass is 16.5. The second-order valence-electron chi connectivity index (χ2n) is 7.28. The minimum Gasteiger partial charge on any atom is -0.467 e. The molecule has 162 valence electrons. The van der Waals surface area contributed by atoms with Crippen LogP contribution in [0, 0.1) is 0 Å². The van der Waals surface area contributed by atoms with Crippen LogP contribution in [0.25, 0.3) is 0 Å². The molecular weight excluding hydrogens is 388 g/mol. The number of piperidine rings is 1. The van der Waals surface area contributed by atoms with Gasteiger partial charge in [0.1, 0.15) is 5.82 Å². The first-order valence-corrected chi connectivity index (χ1v) is 10.2. The van der Waals surface area contributed by atoms with E-state index in [-0.39, 0.29) is 18.1 Å². The van der Waals surface area contributed by atoms with Gasteiger partial charge in [-0.25, -0.2) is 4.98 Å². The topological polar surface area (TPSA) is 102 Å². The Kier molecular flexibility index (Phi) is 6.26. The lowest BCUT2D eigenvalue weighted by Crippen LogP contribution is -2.48. The third-order valence-electron chi connectivity index (χ3n) is 5.45. The number of methoxy groups -OCH3 is 2. The zero-order valence-corrected chi connectivity index (χ0v) is 17.7. The molecule has 11 nitrogen and oxygen atoms in total. The van der Waals surface area contributed by atoms with Gasteiger partial charge in [0.05, 0.1) is 27.4 Å². The van der Waals surface area contributed by atoms with Gasteiger partial charge >= 0.3 is 12.0 Å². The van der Waals surface area contributed by atoms with Gasteiger partial charge in [0.25, 0.3) is 0 Å². The average molecular weight is 416 g/mol. The standard InChI is InChI=1S/C19H28N8O3/c1-25(16-20-7-6-15(21-16)26-9-11-30-12-10-26)14-5-4-8-27(13-14)17-22-18(28-2)24-19(23-17)29-3/h6-7,14H,4-5,8-13H2,1-3H3. The maximum absolute atomic E-state index is 5.45. The molecule has 11 heteroatoms. The Morgan fingerprint density at radius 1 is 1.00 bits per heavy atom. The van der Waals surface area contributed by atoms with Crippen LogP contribution in [0.3, 0.4) is 0 Å². The van der Waals surface area contributed by atoms with Gasteiger partial charge in [0.15, 0.2) is 0 Å². The maximum atomic E-state index is 5.45. The predicted octanol–water partition coefficient (Wildman–Crippen LogP) is 0.621. The molecule has 2 aromatic heterocycles. The van der Waals surface area contributed by atoms with Crippen molar-refractivity contribution in [2.45, 2.75) is 18.9 Å². The molecule has 2 aliphatic heterocycles. The SMILES string of the molecule is COc1nc(OC)nc(N2CCCC(N(C)c3nccc(N4CCOCC4)n3)C2)n1. The van der Waals surface area contributed by atoms with E-state index in [1.165, 1.54) is 14.2 Å². The number of ether oxygens (including phenoxy) is 3. The minimum atomic E-state index is 0.229. The van der Waals surface area contributed by atoms with E-state index in [1.54, 1.807) is 0 Å². The fourth-order valence-corrected chi connectivity index (χ4v) is 3.75. The largest absolute Gasteiger partial charge is 0.467 e. The number of anilines is 3. The molecule has 0 saturated carbocycles. The van der Waals surface area contributed by atoms with Crippen molar-refractivity contribution in [2.75, 3.05) is 75.4 Å². The highest BCUT2D eigenvalue weighted by Crippen LogP contribution is 2.24. The lowest BCUT2D eigenvalue weighted by molar-refractivity contribution is 0.122. The molecule has 0 amide bonds. The number of morpholine rings is 1. The van der Waals surface area contributed by atoms with Gasteiger partial charge in [0.2, 0.25) is 11.9 Å². The van der Waals surface area contributed by atoms with Gasteiger partial charge in [-0.1, -0.05) is 0 Å². The first-order chi connectivity index (χ1) is 14.7.